The quantitative estimate of drug-likeness (QED) is 0.814. The lowest BCUT2D eigenvalue weighted by Crippen LogP contribution is -2.20. The minimum Gasteiger partial charge on any atom is -0.310 e. The lowest BCUT2D eigenvalue weighted by Gasteiger charge is -2.17. The zero-order valence-corrected chi connectivity index (χ0v) is 9.89. The molecule has 1 aromatic heterocycles. The fraction of sp³-hybridized carbons (Fsp3) is 0.429. The Morgan fingerprint density at radius 2 is 2.00 bits per heavy atom. The van der Waals surface area contributed by atoms with Crippen LogP contribution in [0.2, 0.25) is 0 Å². The zero-order valence-electron chi connectivity index (χ0n) is 9.89. The number of para-hydroxylation sites is 1. The lowest BCUT2D eigenvalue weighted by molar-refractivity contribution is 0.537. The average Bonchev–Trinajstić information content (AvgIpc) is 2.67. The Morgan fingerprint density at radius 1 is 1.06 bits per heavy atom. The van der Waals surface area contributed by atoms with E-state index < -0.39 is 0 Å². The molecular weight excluding hydrogens is 210 g/mol. The first-order valence-corrected chi connectivity index (χ1v) is 6.38. The molecule has 2 heterocycles. The second-order valence-electron chi connectivity index (χ2n) is 4.63. The fourth-order valence-electron chi connectivity index (χ4n) is 2.59. The maximum absolute atomic E-state index is 4.48. The molecule has 0 amide bonds. The van der Waals surface area contributed by atoms with Gasteiger partial charge in [0.2, 0.25) is 0 Å². The summed E-state index contributed by atoms with van der Waals surface area (Å²) in [6.45, 7) is 1.11. The number of nitrogens with zero attached hydrogens (tertiary/aromatic N) is 2. The van der Waals surface area contributed by atoms with Crippen molar-refractivity contribution in [1.29, 1.82) is 0 Å². The number of aromatic nitrogens is 2. The van der Waals surface area contributed by atoms with Crippen LogP contribution in [0.25, 0.3) is 11.0 Å². The van der Waals surface area contributed by atoms with E-state index in [0.717, 1.165) is 17.6 Å². The molecule has 3 heteroatoms. The molecule has 0 radical (unpaired) electrons. The topological polar surface area (TPSA) is 37.8 Å². The number of hydrogen-bond donors (Lipinski definition) is 1. The third-order valence-electron chi connectivity index (χ3n) is 3.47. The van der Waals surface area contributed by atoms with Gasteiger partial charge in [0.25, 0.3) is 0 Å². The number of rotatable bonds is 1. The van der Waals surface area contributed by atoms with E-state index in [4.69, 9.17) is 0 Å². The summed E-state index contributed by atoms with van der Waals surface area (Å²) in [5, 5.41) is 3.62. The molecular formula is C14H17N3. The van der Waals surface area contributed by atoms with Crippen LogP contribution in [-0.2, 0) is 0 Å². The van der Waals surface area contributed by atoms with Crippen molar-refractivity contribution in [3.8, 4) is 0 Å². The maximum atomic E-state index is 4.48. The van der Waals surface area contributed by atoms with Crippen LogP contribution in [0.4, 0.5) is 0 Å². The molecule has 88 valence electrons. The van der Waals surface area contributed by atoms with Gasteiger partial charge >= 0.3 is 0 Å². The van der Waals surface area contributed by atoms with Crippen LogP contribution in [0.15, 0.2) is 30.6 Å². The van der Waals surface area contributed by atoms with E-state index in [0.29, 0.717) is 6.04 Å². The Hall–Kier alpha value is -1.48. The molecule has 1 fully saturated rings. The smallest absolute Gasteiger partial charge is 0.0934 e. The van der Waals surface area contributed by atoms with Gasteiger partial charge in [-0.25, -0.2) is 0 Å². The monoisotopic (exact) mass is 227 g/mol. The SMILES string of the molecule is c1cc(C2CCCCCN2)c2nccnc2c1. The van der Waals surface area contributed by atoms with Crippen LogP contribution in [-0.4, -0.2) is 16.5 Å². The van der Waals surface area contributed by atoms with Crippen LogP contribution >= 0.6 is 0 Å². The van der Waals surface area contributed by atoms with E-state index in [1.165, 1.54) is 31.2 Å². The molecule has 1 atom stereocenters. The summed E-state index contributed by atoms with van der Waals surface area (Å²) < 4.78 is 0. The summed E-state index contributed by atoms with van der Waals surface area (Å²) in [7, 11) is 0. The number of fused-ring (bicyclic) bond motifs is 1. The minimum absolute atomic E-state index is 0.442. The number of benzene rings is 1. The molecule has 3 nitrogen and oxygen atoms in total. The first kappa shape index (κ1) is 10.7. The Bertz CT molecular complexity index is 496. The van der Waals surface area contributed by atoms with E-state index >= 15 is 0 Å². The Kier molecular flexibility index (Phi) is 3.01. The standard InChI is InChI=1S/C14H17N3/c1-2-6-12(15-8-3-1)11-5-4-7-13-14(11)17-10-9-16-13/h4-5,7,9-10,12,15H,1-3,6,8H2. The summed E-state index contributed by atoms with van der Waals surface area (Å²) in [6.07, 6.45) is 8.66. The zero-order chi connectivity index (χ0) is 11.5. The molecule has 0 bridgehead atoms. The van der Waals surface area contributed by atoms with E-state index in [2.05, 4.69) is 27.4 Å². The highest BCUT2D eigenvalue weighted by molar-refractivity contribution is 5.78. The first-order chi connectivity index (χ1) is 8.45. The largest absolute Gasteiger partial charge is 0.310 e. The van der Waals surface area contributed by atoms with Gasteiger partial charge in [0.1, 0.15) is 0 Å². The highest BCUT2D eigenvalue weighted by Crippen LogP contribution is 2.26. The van der Waals surface area contributed by atoms with Crippen molar-refractivity contribution in [3.63, 3.8) is 0 Å². The first-order valence-electron chi connectivity index (χ1n) is 6.38. The molecule has 1 N–H and O–H groups in total. The fourth-order valence-corrected chi connectivity index (χ4v) is 2.59. The van der Waals surface area contributed by atoms with E-state index in [1.54, 1.807) is 12.4 Å². The van der Waals surface area contributed by atoms with Crippen molar-refractivity contribution >= 4 is 11.0 Å². The van der Waals surface area contributed by atoms with Gasteiger partial charge in [-0.15, -0.1) is 0 Å². The van der Waals surface area contributed by atoms with Gasteiger partial charge in [-0.1, -0.05) is 25.0 Å². The van der Waals surface area contributed by atoms with Crippen molar-refractivity contribution in [2.75, 3.05) is 6.54 Å². The predicted octanol–water partition coefficient (Wildman–Crippen LogP) is 2.83. The summed E-state index contributed by atoms with van der Waals surface area (Å²) in [4.78, 5) is 8.85. The summed E-state index contributed by atoms with van der Waals surface area (Å²) in [5.41, 5.74) is 3.35. The van der Waals surface area contributed by atoms with Gasteiger partial charge in [0, 0.05) is 18.4 Å². The third kappa shape index (κ3) is 2.15. The van der Waals surface area contributed by atoms with Crippen molar-refractivity contribution in [1.82, 2.24) is 15.3 Å². The lowest BCUT2D eigenvalue weighted by atomic mass is 10.0. The van der Waals surface area contributed by atoms with Crippen LogP contribution < -0.4 is 5.32 Å². The summed E-state index contributed by atoms with van der Waals surface area (Å²) in [6, 6.07) is 6.74. The molecule has 1 aromatic carbocycles. The summed E-state index contributed by atoms with van der Waals surface area (Å²) in [5.74, 6) is 0. The van der Waals surface area contributed by atoms with Crippen LogP contribution in [0.3, 0.4) is 0 Å². The molecule has 1 saturated heterocycles. The maximum Gasteiger partial charge on any atom is 0.0934 e. The Morgan fingerprint density at radius 3 is 3.00 bits per heavy atom. The molecule has 3 rings (SSSR count). The molecule has 1 unspecified atom stereocenters. The average molecular weight is 227 g/mol. The van der Waals surface area contributed by atoms with Crippen molar-refractivity contribution in [3.05, 3.63) is 36.2 Å². The molecule has 0 aliphatic carbocycles. The van der Waals surface area contributed by atoms with Crippen molar-refractivity contribution in [2.24, 2.45) is 0 Å². The molecule has 2 aromatic rings. The molecule has 0 spiro atoms. The van der Waals surface area contributed by atoms with Gasteiger partial charge in [0.05, 0.1) is 11.0 Å². The van der Waals surface area contributed by atoms with Crippen molar-refractivity contribution in [2.45, 2.75) is 31.7 Å². The van der Waals surface area contributed by atoms with Gasteiger partial charge < -0.3 is 5.32 Å². The number of nitrogens with one attached hydrogen (secondary N) is 1. The van der Waals surface area contributed by atoms with Crippen molar-refractivity contribution < 1.29 is 0 Å². The normalized spacial score (nSPS) is 21.3. The Labute approximate surface area is 101 Å². The van der Waals surface area contributed by atoms with Gasteiger partial charge in [0.15, 0.2) is 0 Å². The molecule has 0 saturated carbocycles. The van der Waals surface area contributed by atoms with Crippen LogP contribution in [0, 0.1) is 0 Å². The van der Waals surface area contributed by atoms with Crippen LogP contribution in [0.1, 0.15) is 37.3 Å². The van der Waals surface area contributed by atoms with E-state index in [-0.39, 0.29) is 0 Å². The molecule has 1 aliphatic heterocycles. The second kappa shape index (κ2) is 4.80. The highest BCUT2D eigenvalue weighted by atomic mass is 14.9. The predicted molar refractivity (Wildman–Crippen MR) is 68.7 cm³/mol. The van der Waals surface area contributed by atoms with Crippen LogP contribution in [0.5, 0.6) is 0 Å². The van der Waals surface area contributed by atoms with E-state index in [1.807, 2.05) is 6.07 Å². The number of hydrogen-bond acceptors (Lipinski definition) is 3. The van der Waals surface area contributed by atoms with Gasteiger partial charge in [-0.05, 0) is 31.0 Å². The second-order valence-corrected chi connectivity index (χ2v) is 4.63. The highest BCUT2D eigenvalue weighted by Gasteiger charge is 2.16. The van der Waals surface area contributed by atoms with Gasteiger partial charge in [-0.2, -0.15) is 0 Å². The minimum atomic E-state index is 0.442. The summed E-state index contributed by atoms with van der Waals surface area (Å²) >= 11 is 0. The van der Waals surface area contributed by atoms with Gasteiger partial charge in [-0.3, -0.25) is 9.97 Å². The molecule has 17 heavy (non-hydrogen) atoms. The third-order valence-corrected chi connectivity index (χ3v) is 3.47. The molecule has 1 aliphatic rings. The van der Waals surface area contributed by atoms with E-state index in [9.17, 15) is 0 Å². The Balaban J connectivity index is 2.03.